The molecular weight excluding hydrogens is 230 g/mol. The van der Waals surface area contributed by atoms with Crippen molar-refractivity contribution in [1.29, 1.82) is 0 Å². The Labute approximate surface area is 106 Å². The van der Waals surface area contributed by atoms with E-state index >= 15 is 0 Å². The van der Waals surface area contributed by atoms with Crippen LogP contribution in [0, 0.1) is 5.21 Å². The van der Waals surface area contributed by atoms with E-state index < -0.39 is 5.23 Å². The van der Waals surface area contributed by atoms with Crippen molar-refractivity contribution in [2.24, 2.45) is 0 Å². The van der Waals surface area contributed by atoms with E-state index in [4.69, 9.17) is 5.21 Å². The first-order valence-electron chi connectivity index (χ1n) is 6.32. The maximum Gasteiger partial charge on any atom is 0.163 e. The highest BCUT2D eigenvalue weighted by Gasteiger charge is 2.25. The fourth-order valence-electron chi connectivity index (χ4n) is 2.59. The first kappa shape index (κ1) is 11.5. The SMILES string of the molecule is [O-][NH+](O)c1ccc(C2NC3=C(CCCC3)N2)cc1. The Morgan fingerprint density at radius 3 is 2.11 bits per heavy atom. The van der Waals surface area contributed by atoms with Crippen molar-refractivity contribution in [3.63, 3.8) is 0 Å². The van der Waals surface area contributed by atoms with Crippen molar-refractivity contribution in [2.75, 3.05) is 0 Å². The molecule has 1 aliphatic heterocycles. The highest BCUT2D eigenvalue weighted by molar-refractivity contribution is 5.36. The second-order valence-electron chi connectivity index (χ2n) is 4.81. The van der Waals surface area contributed by atoms with Gasteiger partial charge in [-0.3, -0.25) is 0 Å². The normalized spacial score (nSPS) is 21.2. The first-order chi connectivity index (χ1) is 8.74. The minimum atomic E-state index is -0.883. The van der Waals surface area contributed by atoms with Crippen LogP contribution in [0.25, 0.3) is 0 Å². The van der Waals surface area contributed by atoms with Crippen LogP contribution in [0.15, 0.2) is 35.7 Å². The number of benzene rings is 1. The lowest BCUT2D eigenvalue weighted by Crippen LogP contribution is -2.99. The Morgan fingerprint density at radius 2 is 1.61 bits per heavy atom. The molecule has 0 radical (unpaired) electrons. The van der Waals surface area contributed by atoms with Crippen LogP contribution in [-0.2, 0) is 0 Å². The Hall–Kier alpha value is -1.56. The smallest absolute Gasteiger partial charge is 0.163 e. The maximum absolute atomic E-state index is 10.8. The van der Waals surface area contributed by atoms with Crippen LogP contribution in [0.1, 0.15) is 37.4 Å². The zero-order chi connectivity index (χ0) is 12.5. The van der Waals surface area contributed by atoms with Crippen LogP contribution >= 0.6 is 0 Å². The molecule has 1 aromatic carbocycles. The van der Waals surface area contributed by atoms with Crippen LogP contribution in [-0.4, -0.2) is 5.21 Å². The predicted octanol–water partition coefficient (Wildman–Crippen LogP) is 1.07. The van der Waals surface area contributed by atoms with Gasteiger partial charge in [-0.05, 0) is 43.4 Å². The van der Waals surface area contributed by atoms with Gasteiger partial charge in [-0.1, -0.05) is 0 Å². The first-order valence-corrected chi connectivity index (χ1v) is 6.32. The summed E-state index contributed by atoms with van der Waals surface area (Å²) in [5, 5.41) is 25.7. The highest BCUT2D eigenvalue weighted by atomic mass is 16.8. The van der Waals surface area contributed by atoms with Gasteiger partial charge in [0.1, 0.15) is 6.17 Å². The third kappa shape index (κ3) is 2.08. The van der Waals surface area contributed by atoms with Gasteiger partial charge in [0.25, 0.3) is 0 Å². The van der Waals surface area contributed by atoms with Crippen molar-refractivity contribution >= 4 is 5.69 Å². The van der Waals surface area contributed by atoms with Crippen LogP contribution in [0.2, 0.25) is 0 Å². The molecule has 1 unspecified atom stereocenters. The van der Waals surface area contributed by atoms with E-state index in [0.717, 1.165) is 18.4 Å². The van der Waals surface area contributed by atoms with Gasteiger partial charge in [-0.15, -0.1) is 0 Å². The topological polar surface area (TPSA) is 71.8 Å². The minimum Gasteiger partial charge on any atom is -0.595 e. The zero-order valence-corrected chi connectivity index (χ0v) is 10.1. The monoisotopic (exact) mass is 247 g/mol. The molecule has 5 nitrogen and oxygen atoms in total. The molecule has 0 bridgehead atoms. The molecule has 1 aliphatic carbocycles. The predicted molar refractivity (Wildman–Crippen MR) is 66.7 cm³/mol. The molecule has 3 rings (SSSR count). The van der Waals surface area contributed by atoms with Gasteiger partial charge in [0.05, 0.1) is 0 Å². The standard InChI is InChI=1S/C13H17N3O2/c17-16(18)10-7-5-9(6-8-10)13-14-11-3-1-2-4-12(11)15-13/h5-8,13-17H,1-4H2. The summed E-state index contributed by atoms with van der Waals surface area (Å²) in [5.41, 5.74) is 4.06. The van der Waals surface area contributed by atoms with E-state index in [-0.39, 0.29) is 6.17 Å². The van der Waals surface area contributed by atoms with Crippen molar-refractivity contribution in [1.82, 2.24) is 10.6 Å². The maximum atomic E-state index is 10.8. The molecule has 5 heteroatoms. The van der Waals surface area contributed by atoms with Crippen LogP contribution in [0.3, 0.4) is 0 Å². The molecule has 0 saturated carbocycles. The summed E-state index contributed by atoms with van der Waals surface area (Å²) < 4.78 is 0. The highest BCUT2D eigenvalue weighted by Crippen LogP contribution is 2.30. The van der Waals surface area contributed by atoms with E-state index in [9.17, 15) is 5.21 Å². The molecule has 0 amide bonds. The molecule has 1 atom stereocenters. The lowest BCUT2D eigenvalue weighted by atomic mass is 10.0. The number of hydrogen-bond acceptors (Lipinski definition) is 4. The van der Waals surface area contributed by atoms with E-state index in [1.807, 2.05) is 12.1 Å². The molecule has 18 heavy (non-hydrogen) atoms. The minimum absolute atomic E-state index is 0.0935. The number of quaternary nitrogens is 1. The summed E-state index contributed by atoms with van der Waals surface area (Å²) in [6.45, 7) is 0. The molecule has 0 aromatic heterocycles. The lowest BCUT2D eigenvalue weighted by Gasteiger charge is -2.16. The third-order valence-corrected chi connectivity index (χ3v) is 3.60. The van der Waals surface area contributed by atoms with Gasteiger partial charge in [0, 0.05) is 23.5 Å². The van der Waals surface area contributed by atoms with Crippen LogP contribution < -0.4 is 15.9 Å². The average molecular weight is 247 g/mol. The Kier molecular flexibility index (Phi) is 2.95. The molecule has 0 fully saturated rings. The van der Waals surface area contributed by atoms with Gasteiger partial charge in [0.15, 0.2) is 5.69 Å². The third-order valence-electron chi connectivity index (χ3n) is 3.60. The molecular formula is C13H17N3O2. The second kappa shape index (κ2) is 4.61. The Balaban J connectivity index is 1.73. The second-order valence-corrected chi connectivity index (χ2v) is 4.81. The van der Waals surface area contributed by atoms with E-state index in [0.29, 0.717) is 5.69 Å². The number of rotatable bonds is 2. The van der Waals surface area contributed by atoms with Gasteiger partial charge < -0.3 is 15.8 Å². The number of allylic oxidation sites excluding steroid dienone is 2. The fraction of sp³-hybridized carbons (Fsp3) is 0.385. The summed E-state index contributed by atoms with van der Waals surface area (Å²) in [7, 11) is 0. The van der Waals surface area contributed by atoms with Crippen molar-refractivity contribution < 1.29 is 10.4 Å². The van der Waals surface area contributed by atoms with Gasteiger partial charge in [0.2, 0.25) is 0 Å². The van der Waals surface area contributed by atoms with Crippen LogP contribution in [0.5, 0.6) is 0 Å². The largest absolute Gasteiger partial charge is 0.595 e. The van der Waals surface area contributed by atoms with E-state index in [1.54, 1.807) is 12.1 Å². The zero-order valence-electron chi connectivity index (χ0n) is 10.1. The van der Waals surface area contributed by atoms with Crippen LogP contribution in [0.4, 0.5) is 5.69 Å². The van der Waals surface area contributed by atoms with Gasteiger partial charge >= 0.3 is 0 Å². The average Bonchev–Trinajstić information content (AvgIpc) is 2.82. The molecule has 0 spiro atoms. The quantitative estimate of drug-likeness (QED) is 0.590. The van der Waals surface area contributed by atoms with Crippen molar-refractivity contribution in [3.8, 4) is 0 Å². The van der Waals surface area contributed by atoms with E-state index in [2.05, 4.69) is 10.6 Å². The summed E-state index contributed by atoms with van der Waals surface area (Å²) >= 11 is 0. The van der Waals surface area contributed by atoms with E-state index in [1.165, 1.54) is 24.2 Å². The van der Waals surface area contributed by atoms with Crippen molar-refractivity contribution in [2.45, 2.75) is 31.8 Å². The van der Waals surface area contributed by atoms with Gasteiger partial charge in [-0.2, -0.15) is 5.23 Å². The summed E-state index contributed by atoms with van der Waals surface area (Å²) in [4.78, 5) is 0. The molecule has 1 heterocycles. The summed E-state index contributed by atoms with van der Waals surface area (Å²) in [6, 6.07) is 7.04. The number of hydrogen-bond donors (Lipinski definition) is 4. The fourth-order valence-corrected chi connectivity index (χ4v) is 2.59. The molecule has 96 valence electrons. The van der Waals surface area contributed by atoms with Crippen molar-refractivity contribution in [3.05, 3.63) is 46.4 Å². The Morgan fingerprint density at radius 1 is 1.06 bits per heavy atom. The molecule has 0 saturated heterocycles. The summed E-state index contributed by atoms with van der Waals surface area (Å²) in [6.07, 6.45) is 4.82. The molecule has 2 aliphatic rings. The molecule has 4 N–H and O–H groups in total. The molecule has 1 aromatic rings. The number of nitrogens with one attached hydrogen (secondary N) is 3. The summed E-state index contributed by atoms with van der Waals surface area (Å²) in [5.74, 6) is 0. The van der Waals surface area contributed by atoms with Gasteiger partial charge in [-0.25, -0.2) is 5.21 Å². The lowest BCUT2D eigenvalue weighted by molar-refractivity contribution is -0.991. The Bertz CT molecular complexity index is 450.